The minimum Gasteiger partial charge on any atom is -0.369 e. The van der Waals surface area contributed by atoms with Crippen molar-refractivity contribution >= 4 is 17.6 Å². The maximum atomic E-state index is 11.9. The zero-order chi connectivity index (χ0) is 19.9. The van der Waals surface area contributed by atoms with Crippen molar-refractivity contribution in [2.24, 2.45) is 10.4 Å². The van der Waals surface area contributed by atoms with Crippen LogP contribution in [0.25, 0.3) is 0 Å². The lowest BCUT2D eigenvalue weighted by Gasteiger charge is -2.21. The number of aliphatic imine (C=N–C) groups is 1. The molecule has 1 unspecified atom stereocenters. The number of carbonyl (C=O) groups is 1. The third kappa shape index (κ3) is 6.77. The van der Waals surface area contributed by atoms with E-state index in [2.05, 4.69) is 64.0 Å². The Kier molecular flexibility index (Phi) is 7.51. The van der Waals surface area contributed by atoms with E-state index in [0.29, 0.717) is 19.1 Å². The van der Waals surface area contributed by atoms with Crippen molar-refractivity contribution in [1.82, 2.24) is 16.0 Å². The summed E-state index contributed by atoms with van der Waals surface area (Å²) in [6, 6.07) is 9.07. The lowest BCUT2D eigenvalue weighted by molar-refractivity contribution is -0.128. The molecule has 0 aromatic heterocycles. The van der Waals surface area contributed by atoms with Gasteiger partial charge in [-0.05, 0) is 32.4 Å². The first-order valence-corrected chi connectivity index (χ1v) is 9.94. The van der Waals surface area contributed by atoms with Crippen LogP contribution in [0.1, 0.15) is 39.7 Å². The van der Waals surface area contributed by atoms with Gasteiger partial charge in [-0.25, -0.2) is 0 Å². The Morgan fingerprint density at radius 1 is 1.22 bits per heavy atom. The third-order valence-corrected chi connectivity index (χ3v) is 4.62. The van der Waals surface area contributed by atoms with Crippen LogP contribution in [-0.4, -0.2) is 50.6 Å². The van der Waals surface area contributed by atoms with Crippen LogP contribution < -0.4 is 20.9 Å². The predicted octanol–water partition coefficient (Wildman–Crippen LogP) is 2.29. The number of hydrogen-bond donors (Lipinski definition) is 3. The van der Waals surface area contributed by atoms with Gasteiger partial charge in [-0.2, -0.15) is 0 Å². The van der Waals surface area contributed by atoms with E-state index < -0.39 is 0 Å². The molecule has 1 amide bonds. The van der Waals surface area contributed by atoms with E-state index in [-0.39, 0.29) is 11.3 Å². The van der Waals surface area contributed by atoms with Gasteiger partial charge in [-0.1, -0.05) is 38.5 Å². The highest BCUT2D eigenvalue weighted by Crippen LogP contribution is 2.20. The summed E-state index contributed by atoms with van der Waals surface area (Å²) in [7, 11) is 0. The summed E-state index contributed by atoms with van der Waals surface area (Å²) in [4.78, 5) is 18.9. The van der Waals surface area contributed by atoms with Crippen LogP contribution in [0.15, 0.2) is 29.3 Å². The van der Waals surface area contributed by atoms with Gasteiger partial charge < -0.3 is 20.9 Å². The quantitative estimate of drug-likeness (QED) is 0.407. The molecule has 1 atom stereocenters. The molecular formula is C21H35N5O. The minimum atomic E-state index is -0.365. The molecule has 1 saturated heterocycles. The molecule has 0 saturated carbocycles. The Hall–Kier alpha value is -2.24. The number of anilines is 1. The number of amides is 1. The largest absolute Gasteiger partial charge is 0.369 e. The van der Waals surface area contributed by atoms with Crippen LogP contribution in [0.3, 0.4) is 0 Å². The van der Waals surface area contributed by atoms with Crippen LogP contribution in [0, 0.1) is 12.3 Å². The van der Waals surface area contributed by atoms with E-state index >= 15 is 0 Å². The van der Waals surface area contributed by atoms with Crippen molar-refractivity contribution in [3.05, 3.63) is 29.8 Å². The Bertz CT molecular complexity index is 633. The van der Waals surface area contributed by atoms with Crippen molar-refractivity contribution in [2.75, 3.05) is 37.6 Å². The number of carbonyl (C=O) groups excluding carboxylic acids is 1. The number of hydrogen-bond acceptors (Lipinski definition) is 3. The second-order valence-corrected chi connectivity index (χ2v) is 8.18. The zero-order valence-corrected chi connectivity index (χ0v) is 17.4. The first-order chi connectivity index (χ1) is 12.8. The zero-order valence-electron chi connectivity index (χ0n) is 17.4. The number of rotatable bonds is 6. The maximum absolute atomic E-state index is 11.9. The Morgan fingerprint density at radius 2 is 1.93 bits per heavy atom. The molecule has 0 bridgehead atoms. The molecule has 1 fully saturated rings. The molecule has 2 rings (SSSR count). The Morgan fingerprint density at radius 3 is 2.56 bits per heavy atom. The van der Waals surface area contributed by atoms with Crippen LogP contribution in [0.5, 0.6) is 0 Å². The normalized spacial score (nSPS) is 17.7. The molecule has 6 heteroatoms. The predicted molar refractivity (Wildman–Crippen MR) is 113 cm³/mol. The molecule has 3 N–H and O–H groups in total. The van der Waals surface area contributed by atoms with Gasteiger partial charge in [-0.3, -0.25) is 9.79 Å². The van der Waals surface area contributed by atoms with Gasteiger partial charge in [0.05, 0.1) is 6.54 Å². The summed E-state index contributed by atoms with van der Waals surface area (Å²) in [5.41, 5.74) is 2.19. The van der Waals surface area contributed by atoms with Gasteiger partial charge in [0.25, 0.3) is 0 Å². The average Bonchev–Trinajstić information content (AvgIpc) is 3.07. The number of guanidine groups is 1. The van der Waals surface area contributed by atoms with Crippen LogP contribution >= 0.6 is 0 Å². The Labute approximate surface area is 163 Å². The molecule has 1 aliphatic rings. The maximum Gasteiger partial charge on any atom is 0.225 e. The molecule has 1 aliphatic heterocycles. The van der Waals surface area contributed by atoms with Crippen molar-refractivity contribution in [1.29, 1.82) is 0 Å². The molecule has 6 nitrogen and oxygen atoms in total. The molecule has 0 spiro atoms. The molecule has 1 heterocycles. The van der Waals surface area contributed by atoms with Crippen LogP contribution in [0.2, 0.25) is 0 Å². The van der Waals surface area contributed by atoms with Gasteiger partial charge in [0, 0.05) is 43.3 Å². The molecule has 1 aromatic carbocycles. The van der Waals surface area contributed by atoms with Crippen molar-refractivity contribution in [3.63, 3.8) is 0 Å². The SMILES string of the molecule is CCNC(=NCCNC(=O)C(C)(C)C)NC1CCN(c2ccc(C)cc2)C1. The minimum absolute atomic E-state index is 0.0557. The van der Waals surface area contributed by atoms with E-state index in [1.165, 1.54) is 11.3 Å². The fourth-order valence-electron chi connectivity index (χ4n) is 2.98. The Balaban J connectivity index is 1.83. The molecule has 27 heavy (non-hydrogen) atoms. The van der Waals surface area contributed by atoms with Crippen LogP contribution in [-0.2, 0) is 4.79 Å². The van der Waals surface area contributed by atoms with E-state index in [9.17, 15) is 4.79 Å². The summed E-state index contributed by atoms with van der Waals surface area (Å²) in [6.07, 6.45) is 1.08. The number of benzene rings is 1. The van der Waals surface area contributed by atoms with Crippen LogP contribution in [0.4, 0.5) is 5.69 Å². The molecule has 1 aromatic rings. The summed E-state index contributed by atoms with van der Waals surface area (Å²) >= 11 is 0. The van der Waals surface area contributed by atoms with Gasteiger partial charge in [-0.15, -0.1) is 0 Å². The van der Waals surface area contributed by atoms with E-state index in [4.69, 9.17) is 0 Å². The molecule has 0 aliphatic carbocycles. The third-order valence-electron chi connectivity index (χ3n) is 4.62. The topological polar surface area (TPSA) is 68.8 Å². The van der Waals surface area contributed by atoms with Gasteiger partial charge in [0.1, 0.15) is 0 Å². The van der Waals surface area contributed by atoms with Crippen molar-refractivity contribution in [3.8, 4) is 0 Å². The molecule has 0 radical (unpaired) electrons. The fourth-order valence-corrected chi connectivity index (χ4v) is 2.98. The van der Waals surface area contributed by atoms with E-state index in [1.54, 1.807) is 0 Å². The molecular weight excluding hydrogens is 338 g/mol. The lowest BCUT2D eigenvalue weighted by Crippen LogP contribution is -2.45. The molecule has 150 valence electrons. The monoisotopic (exact) mass is 373 g/mol. The average molecular weight is 374 g/mol. The number of aryl methyl sites for hydroxylation is 1. The van der Waals surface area contributed by atoms with Crippen molar-refractivity contribution < 1.29 is 4.79 Å². The summed E-state index contributed by atoms with van der Waals surface area (Å²) in [5, 5.41) is 9.77. The highest BCUT2D eigenvalue weighted by atomic mass is 16.2. The first-order valence-electron chi connectivity index (χ1n) is 9.94. The van der Waals surface area contributed by atoms with E-state index in [1.807, 2.05) is 20.8 Å². The van der Waals surface area contributed by atoms with Gasteiger partial charge >= 0.3 is 0 Å². The highest BCUT2D eigenvalue weighted by molar-refractivity contribution is 5.81. The van der Waals surface area contributed by atoms with Gasteiger partial charge in [0.2, 0.25) is 5.91 Å². The van der Waals surface area contributed by atoms with Gasteiger partial charge in [0.15, 0.2) is 5.96 Å². The standard InChI is InChI=1S/C21H35N5O/c1-6-22-20(24-13-12-23-19(27)21(3,4)5)25-17-11-14-26(15-17)18-9-7-16(2)8-10-18/h7-10,17H,6,11-15H2,1-5H3,(H,23,27)(H2,22,24,25). The summed E-state index contributed by atoms with van der Waals surface area (Å²) < 4.78 is 0. The number of nitrogens with zero attached hydrogens (tertiary/aromatic N) is 2. The summed E-state index contributed by atoms with van der Waals surface area (Å²) in [5.74, 6) is 0.874. The number of nitrogens with one attached hydrogen (secondary N) is 3. The second kappa shape index (κ2) is 9.62. The lowest BCUT2D eigenvalue weighted by atomic mass is 9.96. The second-order valence-electron chi connectivity index (χ2n) is 8.18. The summed E-state index contributed by atoms with van der Waals surface area (Å²) in [6.45, 7) is 13.8. The first kappa shape index (κ1) is 21.1. The van der Waals surface area contributed by atoms with Crippen molar-refractivity contribution in [2.45, 2.75) is 47.1 Å². The highest BCUT2D eigenvalue weighted by Gasteiger charge is 2.23. The smallest absolute Gasteiger partial charge is 0.225 e. The fraction of sp³-hybridized carbons (Fsp3) is 0.619. The van der Waals surface area contributed by atoms with E-state index in [0.717, 1.165) is 32.0 Å².